The summed E-state index contributed by atoms with van der Waals surface area (Å²) in [5, 5.41) is 1.33. The number of halogens is 6. The maximum Gasteiger partial charge on any atom is 0.433 e. The number of nitrogens with one attached hydrogen (secondary N) is 1. The van der Waals surface area contributed by atoms with E-state index in [4.69, 9.17) is 0 Å². The van der Waals surface area contributed by atoms with Crippen molar-refractivity contribution in [1.29, 1.82) is 0 Å². The summed E-state index contributed by atoms with van der Waals surface area (Å²) in [6.07, 6.45) is -6.93. The minimum absolute atomic E-state index is 0.0223. The molecule has 0 radical (unpaired) electrons. The number of amidine groups is 1. The van der Waals surface area contributed by atoms with E-state index in [9.17, 15) is 31.1 Å². The number of nitrogens with zero attached hydrogens (tertiary/aromatic N) is 3. The summed E-state index contributed by atoms with van der Waals surface area (Å²) in [5.74, 6) is -0.482. The molecule has 0 atom stereocenters. The monoisotopic (exact) mass is 452 g/mol. The fraction of sp³-hybridized carbons (Fsp3) is 0.190. The zero-order valence-corrected chi connectivity index (χ0v) is 16.3. The third-order valence-corrected chi connectivity index (χ3v) is 4.88. The molecule has 5 nitrogen and oxygen atoms in total. The second-order valence-corrected chi connectivity index (χ2v) is 7.14. The van der Waals surface area contributed by atoms with Crippen molar-refractivity contribution < 1.29 is 31.1 Å². The lowest BCUT2D eigenvalue weighted by Crippen LogP contribution is -2.49. The molecule has 0 bridgehead atoms. The molecule has 0 amide bonds. The lowest BCUT2D eigenvalue weighted by molar-refractivity contribution is -0.141. The molecule has 0 spiro atoms. The van der Waals surface area contributed by atoms with Crippen molar-refractivity contribution in [3.05, 3.63) is 76.6 Å². The molecule has 1 N–H and O–H groups in total. The number of hydrogen-bond acceptors (Lipinski definition) is 5. The first-order chi connectivity index (χ1) is 14.9. The Morgan fingerprint density at radius 1 is 0.938 bits per heavy atom. The number of carbonyl (C=O) groups is 1. The Hall–Kier alpha value is -3.63. The quantitative estimate of drug-likeness (QED) is 0.672. The van der Waals surface area contributed by atoms with Gasteiger partial charge in [0.2, 0.25) is 5.78 Å². The predicted octanol–water partition coefficient (Wildman–Crippen LogP) is 4.69. The molecule has 1 aromatic carbocycles. The van der Waals surface area contributed by atoms with Gasteiger partial charge in [0.1, 0.15) is 5.69 Å². The van der Waals surface area contributed by atoms with Crippen LogP contribution >= 0.6 is 0 Å². The van der Waals surface area contributed by atoms with E-state index in [0.29, 0.717) is 16.8 Å². The number of pyridine rings is 1. The SMILES string of the molecule is CC1=C(c2ccc(C(F)(F)F)cc2)N2NC(c3ccc(C(F)(F)F)nc3)=CC(=O)C2=NC1. The van der Waals surface area contributed by atoms with E-state index >= 15 is 0 Å². The van der Waals surface area contributed by atoms with Gasteiger partial charge in [-0.2, -0.15) is 26.3 Å². The summed E-state index contributed by atoms with van der Waals surface area (Å²) in [6, 6.07) is 6.40. The molecule has 11 heteroatoms. The highest BCUT2D eigenvalue weighted by molar-refractivity contribution is 6.46. The number of benzene rings is 1. The molecular weight excluding hydrogens is 438 g/mol. The topological polar surface area (TPSA) is 57.6 Å². The first-order valence-electron chi connectivity index (χ1n) is 9.23. The van der Waals surface area contributed by atoms with Gasteiger partial charge < -0.3 is 0 Å². The van der Waals surface area contributed by atoms with Crippen LogP contribution in [0.5, 0.6) is 0 Å². The normalized spacial score (nSPS) is 17.0. The van der Waals surface area contributed by atoms with Gasteiger partial charge in [-0.05, 0) is 36.8 Å². The number of alkyl halides is 6. The van der Waals surface area contributed by atoms with Gasteiger partial charge in [0.05, 0.1) is 23.5 Å². The fourth-order valence-electron chi connectivity index (χ4n) is 3.34. The van der Waals surface area contributed by atoms with Gasteiger partial charge in [0, 0.05) is 23.4 Å². The molecule has 166 valence electrons. The minimum Gasteiger partial charge on any atom is -0.291 e. The number of hydrazine groups is 1. The molecular formula is C21H14F6N4O. The van der Waals surface area contributed by atoms with Gasteiger partial charge in [-0.25, -0.2) is 5.01 Å². The first kappa shape index (κ1) is 21.6. The van der Waals surface area contributed by atoms with Crippen LogP contribution in [0.3, 0.4) is 0 Å². The summed E-state index contributed by atoms with van der Waals surface area (Å²) in [7, 11) is 0. The lowest BCUT2D eigenvalue weighted by Gasteiger charge is -2.36. The maximum atomic E-state index is 12.9. The van der Waals surface area contributed by atoms with Gasteiger partial charge in [0.25, 0.3) is 0 Å². The first-order valence-corrected chi connectivity index (χ1v) is 9.23. The molecule has 0 saturated carbocycles. The fourth-order valence-corrected chi connectivity index (χ4v) is 3.34. The lowest BCUT2D eigenvalue weighted by atomic mass is 10.0. The second-order valence-electron chi connectivity index (χ2n) is 7.14. The Labute approximate surface area is 177 Å². The molecule has 1 aromatic heterocycles. The Bertz CT molecular complexity index is 1160. The Morgan fingerprint density at radius 3 is 2.16 bits per heavy atom. The standard InChI is InChI=1S/C21H14F6N4O/c1-11-9-29-19-16(32)8-15(13-4-7-17(28-10-13)21(25,26)27)30-31(19)18(11)12-2-5-14(6-3-12)20(22,23)24/h2-8,10,30H,9H2,1H3. The second kappa shape index (κ2) is 7.50. The maximum absolute atomic E-state index is 12.9. The third kappa shape index (κ3) is 3.97. The van der Waals surface area contributed by atoms with Crippen LogP contribution in [0.15, 0.2) is 59.2 Å². The van der Waals surface area contributed by atoms with E-state index in [2.05, 4.69) is 15.4 Å². The Morgan fingerprint density at radius 2 is 1.59 bits per heavy atom. The number of carbonyl (C=O) groups excluding carboxylic acids is 1. The van der Waals surface area contributed by atoms with Gasteiger partial charge in [-0.3, -0.25) is 20.2 Å². The van der Waals surface area contributed by atoms with Crippen molar-refractivity contribution in [3.8, 4) is 0 Å². The third-order valence-electron chi connectivity index (χ3n) is 4.88. The molecule has 4 rings (SSSR count). The van der Waals surface area contributed by atoms with E-state index in [1.54, 1.807) is 6.92 Å². The van der Waals surface area contributed by atoms with Crippen molar-refractivity contribution in [3.63, 3.8) is 0 Å². The molecule has 0 fully saturated rings. The van der Waals surface area contributed by atoms with Gasteiger partial charge >= 0.3 is 12.4 Å². The zero-order chi connectivity index (χ0) is 23.3. The van der Waals surface area contributed by atoms with E-state index in [-0.39, 0.29) is 23.6 Å². The zero-order valence-electron chi connectivity index (χ0n) is 16.3. The van der Waals surface area contributed by atoms with Crippen LogP contribution in [0.1, 0.15) is 29.3 Å². The van der Waals surface area contributed by atoms with Gasteiger partial charge in [-0.15, -0.1) is 0 Å². The summed E-state index contributed by atoms with van der Waals surface area (Å²) in [4.78, 5) is 20.2. The molecule has 2 aliphatic heterocycles. The number of aromatic nitrogens is 1. The van der Waals surface area contributed by atoms with Crippen LogP contribution in [0.2, 0.25) is 0 Å². The van der Waals surface area contributed by atoms with E-state index in [1.165, 1.54) is 29.3 Å². The highest BCUT2D eigenvalue weighted by Crippen LogP contribution is 2.34. The Kier molecular flexibility index (Phi) is 5.06. The van der Waals surface area contributed by atoms with Crippen molar-refractivity contribution >= 4 is 23.0 Å². The summed E-state index contributed by atoms with van der Waals surface area (Å²) < 4.78 is 77.1. The van der Waals surface area contributed by atoms with Crippen molar-refractivity contribution in [2.45, 2.75) is 19.3 Å². The van der Waals surface area contributed by atoms with Crippen molar-refractivity contribution in [1.82, 2.24) is 15.4 Å². The van der Waals surface area contributed by atoms with Gasteiger partial charge in [0.15, 0.2) is 5.84 Å². The molecule has 2 aliphatic rings. The molecule has 0 aliphatic carbocycles. The van der Waals surface area contributed by atoms with E-state index in [1.807, 2.05) is 0 Å². The smallest absolute Gasteiger partial charge is 0.291 e. The van der Waals surface area contributed by atoms with Gasteiger partial charge in [-0.1, -0.05) is 12.1 Å². The number of fused-ring (bicyclic) bond motifs is 1. The number of aliphatic imine (C=N–C) groups is 1. The predicted molar refractivity (Wildman–Crippen MR) is 104 cm³/mol. The number of ketones is 1. The van der Waals surface area contributed by atoms with Crippen molar-refractivity contribution in [2.24, 2.45) is 4.99 Å². The highest BCUT2D eigenvalue weighted by atomic mass is 19.4. The molecule has 0 saturated heterocycles. The average Bonchev–Trinajstić information content (AvgIpc) is 2.72. The highest BCUT2D eigenvalue weighted by Gasteiger charge is 2.35. The Balaban J connectivity index is 1.69. The average molecular weight is 452 g/mol. The number of hydrogen-bond donors (Lipinski definition) is 1. The summed E-state index contributed by atoms with van der Waals surface area (Å²) >= 11 is 0. The molecule has 0 unspecified atom stereocenters. The molecule has 3 heterocycles. The summed E-state index contributed by atoms with van der Waals surface area (Å²) in [6.45, 7) is 1.89. The van der Waals surface area contributed by atoms with Crippen LogP contribution in [0.25, 0.3) is 11.4 Å². The van der Waals surface area contributed by atoms with E-state index in [0.717, 1.165) is 24.4 Å². The van der Waals surface area contributed by atoms with Crippen LogP contribution in [0, 0.1) is 0 Å². The largest absolute Gasteiger partial charge is 0.433 e. The van der Waals surface area contributed by atoms with Crippen LogP contribution < -0.4 is 5.43 Å². The molecule has 2 aromatic rings. The van der Waals surface area contributed by atoms with Crippen LogP contribution in [-0.2, 0) is 17.1 Å². The van der Waals surface area contributed by atoms with E-state index < -0.39 is 29.4 Å². The van der Waals surface area contributed by atoms with Crippen LogP contribution in [0.4, 0.5) is 26.3 Å². The van der Waals surface area contributed by atoms with Crippen molar-refractivity contribution in [2.75, 3.05) is 6.54 Å². The minimum atomic E-state index is -4.61. The van der Waals surface area contributed by atoms with Crippen LogP contribution in [-0.4, -0.2) is 28.2 Å². The molecule has 32 heavy (non-hydrogen) atoms. The summed E-state index contributed by atoms with van der Waals surface area (Å²) in [5.41, 5.74) is 2.95. The number of rotatable bonds is 2.